The van der Waals surface area contributed by atoms with Gasteiger partial charge in [0.25, 0.3) is 0 Å². The third-order valence-electron chi connectivity index (χ3n) is 4.18. The summed E-state index contributed by atoms with van der Waals surface area (Å²) in [5.74, 6) is 0. The SMILES string of the molecule is Cc1ccc2ccc3ccccc3c2c1-c1ccccc1. The summed E-state index contributed by atoms with van der Waals surface area (Å²) in [5.41, 5.74) is 3.96. The number of fused-ring (bicyclic) bond motifs is 3. The van der Waals surface area contributed by atoms with Crippen LogP contribution >= 0.6 is 0 Å². The molecular formula is C21H16. The van der Waals surface area contributed by atoms with Gasteiger partial charge >= 0.3 is 0 Å². The van der Waals surface area contributed by atoms with Crippen LogP contribution in [0.15, 0.2) is 78.9 Å². The Labute approximate surface area is 124 Å². The van der Waals surface area contributed by atoms with Gasteiger partial charge in [0.15, 0.2) is 0 Å². The van der Waals surface area contributed by atoms with E-state index in [2.05, 4.69) is 85.8 Å². The average molecular weight is 268 g/mol. The maximum absolute atomic E-state index is 2.23. The lowest BCUT2D eigenvalue weighted by molar-refractivity contribution is 1.49. The van der Waals surface area contributed by atoms with Gasteiger partial charge in [0.1, 0.15) is 0 Å². The van der Waals surface area contributed by atoms with Gasteiger partial charge in [-0.15, -0.1) is 0 Å². The lowest BCUT2D eigenvalue weighted by atomic mass is 9.91. The fourth-order valence-electron chi connectivity index (χ4n) is 3.18. The molecular weight excluding hydrogens is 252 g/mol. The Morgan fingerprint density at radius 2 is 1.24 bits per heavy atom. The lowest BCUT2D eigenvalue weighted by Gasteiger charge is -2.13. The minimum atomic E-state index is 1.29. The number of aryl methyl sites for hydroxylation is 1. The Morgan fingerprint density at radius 3 is 2.10 bits per heavy atom. The van der Waals surface area contributed by atoms with Crippen LogP contribution in [-0.2, 0) is 0 Å². The molecule has 0 aliphatic carbocycles. The molecule has 0 amide bonds. The normalized spacial score (nSPS) is 11.1. The predicted molar refractivity (Wildman–Crippen MR) is 91.6 cm³/mol. The molecule has 0 heteroatoms. The molecule has 4 aromatic carbocycles. The highest BCUT2D eigenvalue weighted by Crippen LogP contribution is 2.36. The lowest BCUT2D eigenvalue weighted by Crippen LogP contribution is -1.87. The second-order valence-corrected chi connectivity index (χ2v) is 5.51. The van der Waals surface area contributed by atoms with E-state index in [1.165, 1.54) is 38.2 Å². The summed E-state index contributed by atoms with van der Waals surface area (Å²) < 4.78 is 0. The van der Waals surface area contributed by atoms with E-state index < -0.39 is 0 Å². The second kappa shape index (κ2) is 4.75. The maximum atomic E-state index is 2.23. The first kappa shape index (κ1) is 12.2. The topological polar surface area (TPSA) is 0 Å². The Bertz CT molecular complexity index is 934. The van der Waals surface area contributed by atoms with E-state index in [-0.39, 0.29) is 0 Å². The molecule has 0 aromatic heterocycles. The largest absolute Gasteiger partial charge is 0.0622 e. The van der Waals surface area contributed by atoms with E-state index in [1.54, 1.807) is 0 Å². The Balaban J connectivity index is 2.23. The summed E-state index contributed by atoms with van der Waals surface area (Å²) in [6.45, 7) is 2.20. The summed E-state index contributed by atoms with van der Waals surface area (Å²) in [4.78, 5) is 0. The van der Waals surface area contributed by atoms with Crippen molar-refractivity contribution < 1.29 is 0 Å². The summed E-state index contributed by atoms with van der Waals surface area (Å²) in [6, 6.07) is 28.2. The molecule has 0 nitrogen and oxygen atoms in total. The van der Waals surface area contributed by atoms with Gasteiger partial charge in [-0.2, -0.15) is 0 Å². The van der Waals surface area contributed by atoms with Crippen molar-refractivity contribution in [3.63, 3.8) is 0 Å². The van der Waals surface area contributed by atoms with Crippen LogP contribution in [0.1, 0.15) is 5.56 Å². The molecule has 0 unspecified atom stereocenters. The van der Waals surface area contributed by atoms with Gasteiger partial charge in [0.05, 0.1) is 0 Å². The van der Waals surface area contributed by atoms with Gasteiger partial charge in [-0.25, -0.2) is 0 Å². The zero-order valence-corrected chi connectivity index (χ0v) is 12.0. The minimum Gasteiger partial charge on any atom is -0.0622 e. The third kappa shape index (κ3) is 1.92. The van der Waals surface area contributed by atoms with E-state index in [0.717, 1.165) is 0 Å². The fourth-order valence-corrected chi connectivity index (χ4v) is 3.18. The van der Waals surface area contributed by atoms with E-state index in [1.807, 2.05) is 0 Å². The van der Waals surface area contributed by atoms with Crippen molar-refractivity contribution in [2.24, 2.45) is 0 Å². The van der Waals surface area contributed by atoms with Crippen LogP contribution in [-0.4, -0.2) is 0 Å². The predicted octanol–water partition coefficient (Wildman–Crippen LogP) is 5.97. The first-order valence-electron chi connectivity index (χ1n) is 7.31. The number of hydrogen-bond donors (Lipinski definition) is 0. The van der Waals surface area contributed by atoms with Crippen molar-refractivity contribution in [2.45, 2.75) is 6.92 Å². The smallest absolute Gasteiger partial charge is 0.00242 e. The quantitative estimate of drug-likeness (QED) is 0.373. The zero-order chi connectivity index (χ0) is 14.2. The van der Waals surface area contributed by atoms with Crippen LogP contribution in [0, 0.1) is 6.92 Å². The molecule has 0 saturated heterocycles. The second-order valence-electron chi connectivity index (χ2n) is 5.51. The summed E-state index contributed by atoms with van der Waals surface area (Å²) in [5, 5.41) is 5.29. The van der Waals surface area contributed by atoms with Crippen molar-refractivity contribution in [3.05, 3.63) is 84.4 Å². The van der Waals surface area contributed by atoms with E-state index in [0.29, 0.717) is 0 Å². The van der Waals surface area contributed by atoms with Crippen LogP contribution in [0.2, 0.25) is 0 Å². The van der Waals surface area contributed by atoms with Crippen molar-refractivity contribution in [2.75, 3.05) is 0 Å². The molecule has 100 valence electrons. The van der Waals surface area contributed by atoms with Crippen molar-refractivity contribution >= 4 is 21.5 Å². The molecule has 0 atom stereocenters. The summed E-state index contributed by atoms with van der Waals surface area (Å²) in [7, 11) is 0. The van der Waals surface area contributed by atoms with Gasteiger partial charge in [-0.1, -0.05) is 78.9 Å². The number of rotatable bonds is 1. The first-order valence-corrected chi connectivity index (χ1v) is 7.31. The standard InChI is InChI=1S/C21H16/c1-15-11-12-18-14-13-16-7-5-6-10-19(16)21(18)20(15)17-8-3-2-4-9-17/h2-14H,1H3. The molecule has 0 aliphatic heterocycles. The zero-order valence-electron chi connectivity index (χ0n) is 12.0. The molecule has 0 bridgehead atoms. The third-order valence-corrected chi connectivity index (χ3v) is 4.18. The van der Waals surface area contributed by atoms with E-state index in [4.69, 9.17) is 0 Å². The summed E-state index contributed by atoms with van der Waals surface area (Å²) in [6.07, 6.45) is 0. The molecule has 0 saturated carbocycles. The maximum Gasteiger partial charge on any atom is -0.00242 e. The monoisotopic (exact) mass is 268 g/mol. The highest BCUT2D eigenvalue weighted by molar-refractivity contribution is 6.14. The Morgan fingerprint density at radius 1 is 0.571 bits per heavy atom. The molecule has 0 fully saturated rings. The minimum absolute atomic E-state index is 1.29. The molecule has 21 heavy (non-hydrogen) atoms. The van der Waals surface area contributed by atoms with Crippen LogP contribution < -0.4 is 0 Å². The van der Waals surface area contributed by atoms with Gasteiger partial charge in [-0.05, 0) is 45.2 Å². The number of hydrogen-bond acceptors (Lipinski definition) is 0. The molecule has 0 heterocycles. The summed E-state index contributed by atoms with van der Waals surface area (Å²) >= 11 is 0. The van der Waals surface area contributed by atoms with Gasteiger partial charge < -0.3 is 0 Å². The van der Waals surface area contributed by atoms with Crippen LogP contribution in [0.4, 0.5) is 0 Å². The number of benzene rings is 4. The molecule has 4 rings (SSSR count). The van der Waals surface area contributed by atoms with E-state index >= 15 is 0 Å². The van der Waals surface area contributed by atoms with Crippen molar-refractivity contribution in [1.29, 1.82) is 0 Å². The van der Waals surface area contributed by atoms with Crippen molar-refractivity contribution in [1.82, 2.24) is 0 Å². The fraction of sp³-hybridized carbons (Fsp3) is 0.0476. The van der Waals surface area contributed by atoms with E-state index in [9.17, 15) is 0 Å². The van der Waals surface area contributed by atoms with Crippen LogP contribution in [0.3, 0.4) is 0 Å². The molecule has 4 aromatic rings. The molecule has 0 aliphatic rings. The molecule has 0 N–H and O–H groups in total. The average Bonchev–Trinajstić information content (AvgIpc) is 2.55. The molecule has 0 radical (unpaired) electrons. The van der Waals surface area contributed by atoms with Crippen molar-refractivity contribution in [3.8, 4) is 11.1 Å². The van der Waals surface area contributed by atoms with Crippen LogP contribution in [0.25, 0.3) is 32.7 Å². The highest BCUT2D eigenvalue weighted by atomic mass is 14.1. The highest BCUT2D eigenvalue weighted by Gasteiger charge is 2.10. The Hall–Kier alpha value is -2.60. The van der Waals surface area contributed by atoms with Gasteiger partial charge in [-0.3, -0.25) is 0 Å². The van der Waals surface area contributed by atoms with Crippen LogP contribution in [0.5, 0.6) is 0 Å². The molecule has 0 spiro atoms. The van der Waals surface area contributed by atoms with Gasteiger partial charge in [0, 0.05) is 0 Å². The Kier molecular flexibility index (Phi) is 2.75. The van der Waals surface area contributed by atoms with Gasteiger partial charge in [0.2, 0.25) is 0 Å². The first-order chi connectivity index (χ1) is 10.3.